The molecule has 0 saturated carbocycles. The van der Waals surface area contributed by atoms with Crippen molar-refractivity contribution >= 4 is 17.5 Å². The molecule has 2 aliphatic heterocycles. The van der Waals surface area contributed by atoms with Gasteiger partial charge in [-0.25, -0.2) is 9.97 Å². The minimum atomic E-state index is -0.253. The molecule has 9 heteroatoms. The van der Waals surface area contributed by atoms with Crippen LogP contribution in [-0.4, -0.2) is 83.2 Å². The maximum absolute atomic E-state index is 12.8. The first-order valence-corrected chi connectivity index (χ1v) is 11.2. The van der Waals surface area contributed by atoms with Gasteiger partial charge in [-0.15, -0.1) is 0 Å². The predicted octanol–water partition coefficient (Wildman–Crippen LogP) is 2.16. The molecule has 0 bridgehead atoms. The zero-order valence-corrected chi connectivity index (χ0v) is 19.1. The number of aromatic nitrogens is 3. The number of rotatable bonds is 6. The van der Waals surface area contributed by atoms with Gasteiger partial charge in [-0.1, -0.05) is 0 Å². The SMILES string of the molecule is Cc1cc(Nc2nc(C)cc(C)n2)cc([C@@H]2CN(C(=O)CCN3CCOCC3)CCO2)n1. The standard InChI is InChI=1S/C23H32N6O3/c1-16-12-17(2)26-23(25-16)27-19-13-18(3)24-20(14-19)21-15-29(8-11-32-21)22(30)4-5-28-6-9-31-10-7-28/h12-14,21H,4-11,15H2,1-3H3,(H,24,25,26,27)/t21-/m0/s1. The normalized spacial score (nSPS) is 19.7. The predicted molar refractivity (Wildman–Crippen MR) is 121 cm³/mol. The Balaban J connectivity index is 1.40. The number of nitrogens with one attached hydrogen (secondary N) is 1. The third-order valence-corrected chi connectivity index (χ3v) is 5.71. The molecule has 2 aromatic rings. The highest BCUT2D eigenvalue weighted by Gasteiger charge is 2.27. The second-order valence-electron chi connectivity index (χ2n) is 8.42. The number of nitrogens with zero attached hydrogens (tertiary/aromatic N) is 5. The van der Waals surface area contributed by atoms with Crippen LogP contribution in [-0.2, 0) is 14.3 Å². The Labute approximate surface area is 189 Å². The van der Waals surface area contributed by atoms with Crippen molar-refractivity contribution in [3.63, 3.8) is 0 Å². The lowest BCUT2D eigenvalue weighted by Gasteiger charge is -2.34. The molecule has 1 atom stereocenters. The number of aryl methyl sites for hydroxylation is 3. The largest absolute Gasteiger partial charge is 0.379 e. The van der Waals surface area contributed by atoms with E-state index in [1.165, 1.54) is 0 Å². The van der Waals surface area contributed by atoms with Gasteiger partial charge in [-0.3, -0.25) is 14.7 Å². The number of hydrogen-bond acceptors (Lipinski definition) is 8. The van der Waals surface area contributed by atoms with E-state index in [1.807, 2.05) is 43.9 Å². The van der Waals surface area contributed by atoms with Crippen LogP contribution in [0.25, 0.3) is 0 Å². The smallest absolute Gasteiger partial charge is 0.227 e. The minimum Gasteiger partial charge on any atom is -0.379 e. The molecule has 2 aliphatic rings. The summed E-state index contributed by atoms with van der Waals surface area (Å²) in [7, 11) is 0. The van der Waals surface area contributed by atoms with Crippen LogP contribution >= 0.6 is 0 Å². The van der Waals surface area contributed by atoms with Crippen molar-refractivity contribution in [1.29, 1.82) is 0 Å². The second kappa shape index (κ2) is 10.3. The summed E-state index contributed by atoms with van der Waals surface area (Å²) in [6, 6.07) is 5.86. The summed E-state index contributed by atoms with van der Waals surface area (Å²) >= 11 is 0. The van der Waals surface area contributed by atoms with Gasteiger partial charge in [0.1, 0.15) is 6.10 Å². The Morgan fingerprint density at radius 1 is 1.00 bits per heavy atom. The Kier molecular flexibility index (Phi) is 7.29. The van der Waals surface area contributed by atoms with E-state index in [2.05, 4.69) is 25.2 Å². The van der Waals surface area contributed by atoms with Crippen molar-refractivity contribution in [2.45, 2.75) is 33.3 Å². The first-order chi connectivity index (χ1) is 15.5. The van der Waals surface area contributed by atoms with Crippen LogP contribution in [0.4, 0.5) is 11.6 Å². The van der Waals surface area contributed by atoms with E-state index in [0.29, 0.717) is 32.1 Å². The summed E-state index contributed by atoms with van der Waals surface area (Å²) in [6.45, 7) is 11.5. The molecule has 2 aromatic heterocycles. The van der Waals surface area contributed by atoms with Crippen LogP contribution in [0.15, 0.2) is 18.2 Å². The Morgan fingerprint density at radius 3 is 2.47 bits per heavy atom. The molecule has 1 amide bonds. The van der Waals surface area contributed by atoms with Gasteiger partial charge in [0.15, 0.2) is 0 Å². The second-order valence-corrected chi connectivity index (χ2v) is 8.42. The van der Waals surface area contributed by atoms with Crippen LogP contribution in [0.2, 0.25) is 0 Å². The molecular formula is C23H32N6O3. The van der Waals surface area contributed by atoms with Gasteiger partial charge >= 0.3 is 0 Å². The summed E-state index contributed by atoms with van der Waals surface area (Å²) < 4.78 is 11.4. The van der Waals surface area contributed by atoms with Crippen LogP contribution in [0.1, 0.15) is 35.3 Å². The Bertz CT molecular complexity index is 927. The number of pyridine rings is 1. The number of carbonyl (C=O) groups excluding carboxylic acids is 1. The Hall–Kier alpha value is -2.62. The lowest BCUT2D eigenvalue weighted by atomic mass is 10.1. The summed E-state index contributed by atoms with van der Waals surface area (Å²) in [5.74, 6) is 0.725. The lowest BCUT2D eigenvalue weighted by molar-refractivity contribution is -0.139. The molecule has 1 N–H and O–H groups in total. The fourth-order valence-electron chi connectivity index (χ4n) is 4.13. The van der Waals surface area contributed by atoms with Gasteiger partial charge in [-0.2, -0.15) is 0 Å². The van der Waals surface area contributed by atoms with Gasteiger partial charge in [0.2, 0.25) is 11.9 Å². The van der Waals surface area contributed by atoms with Crippen molar-refractivity contribution < 1.29 is 14.3 Å². The van der Waals surface area contributed by atoms with Gasteiger partial charge in [0, 0.05) is 55.4 Å². The maximum atomic E-state index is 12.8. The molecule has 0 unspecified atom stereocenters. The molecule has 4 heterocycles. The van der Waals surface area contributed by atoms with E-state index in [-0.39, 0.29) is 12.0 Å². The van der Waals surface area contributed by atoms with Crippen molar-refractivity contribution in [3.05, 3.63) is 41.0 Å². The average molecular weight is 441 g/mol. The topological polar surface area (TPSA) is 92.7 Å². The molecule has 172 valence electrons. The number of morpholine rings is 2. The van der Waals surface area contributed by atoms with Gasteiger partial charge < -0.3 is 19.7 Å². The number of anilines is 2. The maximum Gasteiger partial charge on any atom is 0.227 e. The van der Waals surface area contributed by atoms with Crippen molar-refractivity contribution in [1.82, 2.24) is 24.8 Å². The molecule has 9 nitrogen and oxygen atoms in total. The van der Waals surface area contributed by atoms with Crippen LogP contribution in [0.5, 0.6) is 0 Å². The van der Waals surface area contributed by atoms with Crippen molar-refractivity contribution in [2.75, 3.05) is 57.9 Å². The highest BCUT2D eigenvalue weighted by molar-refractivity contribution is 5.76. The van der Waals surface area contributed by atoms with Crippen LogP contribution < -0.4 is 5.32 Å². The molecule has 2 saturated heterocycles. The molecule has 0 spiro atoms. The minimum absolute atomic E-state index is 0.166. The van der Waals surface area contributed by atoms with E-state index in [1.54, 1.807) is 0 Å². The number of ether oxygens (including phenoxy) is 2. The molecule has 0 aliphatic carbocycles. The quantitative estimate of drug-likeness (QED) is 0.731. The summed E-state index contributed by atoms with van der Waals surface area (Å²) in [4.78, 5) is 30.6. The first-order valence-electron chi connectivity index (χ1n) is 11.2. The number of hydrogen-bond donors (Lipinski definition) is 1. The molecule has 0 aromatic carbocycles. The monoisotopic (exact) mass is 440 g/mol. The third kappa shape index (κ3) is 5.99. The summed E-state index contributed by atoms with van der Waals surface area (Å²) in [5.41, 5.74) is 4.36. The third-order valence-electron chi connectivity index (χ3n) is 5.71. The highest BCUT2D eigenvalue weighted by Crippen LogP contribution is 2.25. The van der Waals surface area contributed by atoms with Crippen molar-refractivity contribution in [2.24, 2.45) is 0 Å². The van der Waals surface area contributed by atoms with Crippen LogP contribution in [0, 0.1) is 20.8 Å². The van der Waals surface area contributed by atoms with E-state index < -0.39 is 0 Å². The zero-order chi connectivity index (χ0) is 22.5. The summed E-state index contributed by atoms with van der Waals surface area (Å²) in [6.07, 6.45) is 0.266. The molecule has 2 fully saturated rings. The van der Waals surface area contributed by atoms with E-state index in [9.17, 15) is 4.79 Å². The summed E-state index contributed by atoms with van der Waals surface area (Å²) in [5, 5.41) is 3.28. The van der Waals surface area contributed by atoms with Crippen LogP contribution in [0.3, 0.4) is 0 Å². The number of carbonyl (C=O) groups is 1. The molecular weight excluding hydrogens is 408 g/mol. The van der Waals surface area contributed by atoms with Crippen molar-refractivity contribution in [3.8, 4) is 0 Å². The van der Waals surface area contributed by atoms with Gasteiger partial charge in [0.25, 0.3) is 0 Å². The van der Waals surface area contributed by atoms with E-state index in [0.717, 1.165) is 61.3 Å². The number of amides is 1. The average Bonchev–Trinajstić information content (AvgIpc) is 2.77. The fourth-order valence-corrected chi connectivity index (χ4v) is 4.13. The Morgan fingerprint density at radius 2 is 1.72 bits per heavy atom. The molecule has 4 rings (SSSR count). The van der Waals surface area contributed by atoms with E-state index >= 15 is 0 Å². The zero-order valence-electron chi connectivity index (χ0n) is 19.1. The highest BCUT2D eigenvalue weighted by atomic mass is 16.5. The lowest BCUT2D eigenvalue weighted by Crippen LogP contribution is -2.44. The first kappa shape index (κ1) is 22.6. The fraction of sp³-hybridized carbons (Fsp3) is 0.565. The molecule has 32 heavy (non-hydrogen) atoms. The van der Waals surface area contributed by atoms with Gasteiger partial charge in [-0.05, 0) is 39.0 Å². The van der Waals surface area contributed by atoms with E-state index in [4.69, 9.17) is 9.47 Å². The molecule has 0 radical (unpaired) electrons. The van der Waals surface area contributed by atoms with Gasteiger partial charge in [0.05, 0.1) is 32.1 Å².